The fourth-order valence-electron chi connectivity index (χ4n) is 3.49. The molecule has 1 aliphatic heterocycles. The summed E-state index contributed by atoms with van der Waals surface area (Å²) >= 11 is 0. The Kier molecular flexibility index (Phi) is 8.23. The predicted octanol–water partition coefficient (Wildman–Crippen LogP) is 2.04. The number of benzene rings is 1. The largest absolute Gasteiger partial charge is 0.467 e. The summed E-state index contributed by atoms with van der Waals surface area (Å²) in [7, 11) is 1.29. The van der Waals surface area contributed by atoms with E-state index in [0.29, 0.717) is 25.8 Å². The number of aliphatic hydroxyl groups excluding tert-OH is 1. The second kappa shape index (κ2) is 10.4. The van der Waals surface area contributed by atoms with Gasteiger partial charge in [-0.1, -0.05) is 30.3 Å². The van der Waals surface area contributed by atoms with Crippen LogP contribution in [-0.4, -0.2) is 65.4 Å². The van der Waals surface area contributed by atoms with E-state index in [1.165, 1.54) is 12.0 Å². The number of amides is 2. The molecule has 2 amide bonds. The predicted molar refractivity (Wildman–Crippen MR) is 111 cm³/mol. The summed E-state index contributed by atoms with van der Waals surface area (Å²) in [6, 6.07) is 8.01. The van der Waals surface area contributed by atoms with Gasteiger partial charge in [0.2, 0.25) is 5.91 Å². The summed E-state index contributed by atoms with van der Waals surface area (Å²) in [5.74, 6) is -0.803. The van der Waals surface area contributed by atoms with Crippen molar-refractivity contribution >= 4 is 18.0 Å². The van der Waals surface area contributed by atoms with Crippen LogP contribution in [0.5, 0.6) is 0 Å². The first-order chi connectivity index (χ1) is 14.1. The van der Waals surface area contributed by atoms with E-state index >= 15 is 0 Å². The number of methoxy groups -OCH3 is 1. The number of carbonyl (C=O) groups excluding carboxylic acids is 3. The minimum absolute atomic E-state index is 0.221. The van der Waals surface area contributed by atoms with E-state index in [4.69, 9.17) is 9.47 Å². The van der Waals surface area contributed by atoms with Crippen LogP contribution in [0.3, 0.4) is 0 Å². The highest BCUT2D eigenvalue weighted by atomic mass is 16.6. The number of nitrogens with zero attached hydrogens (tertiary/aromatic N) is 1. The summed E-state index contributed by atoms with van der Waals surface area (Å²) in [6.45, 7) is 5.69. The average molecular weight is 421 g/mol. The molecule has 0 aliphatic carbocycles. The van der Waals surface area contributed by atoms with E-state index in [-0.39, 0.29) is 12.3 Å². The monoisotopic (exact) mass is 420 g/mol. The van der Waals surface area contributed by atoms with Gasteiger partial charge in [0.25, 0.3) is 0 Å². The molecule has 1 aromatic rings. The molecule has 8 nitrogen and oxygen atoms in total. The molecule has 8 heteroatoms. The van der Waals surface area contributed by atoms with Gasteiger partial charge in [-0.25, -0.2) is 9.59 Å². The zero-order valence-electron chi connectivity index (χ0n) is 18.1. The number of hydrogen-bond donors (Lipinski definition) is 2. The Bertz CT molecular complexity index is 731. The van der Waals surface area contributed by atoms with Gasteiger partial charge in [0.1, 0.15) is 11.6 Å². The van der Waals surface area contributed by atoms with Crippen LogP contribution in [0.4, 0.5) is 4.79 Å². The van der Waals surface area contributed by atoms with Gasteiger partial charge in [0.15, 0.2) is 0 Å². The van der Waals surface area contributed by atoms with E-state index in [2.05, 4.69) is 5.32 Å². The minimum Gasteiger partial charge on any atom is -0.467 e. The summed E-state index contributed by atoms with van der Waals surface area (Å²) in [5, 5.41) is 13.5. The summed E-state index contributed by atoms with van der Waals surface area (Å²) < 4.78 is 10.1. The lowest BCUT2D eigenvalue weighted by atomic mass is 9.98. The Hall–Kier alpha value is -2.61. The highest BCUT2D eigenvalue weighted by molar-refractivity contribution is 5.85. The number of nitrogens with one attached hydrogen (secondary N) is 1. The first kappa shape index (κ1) is 23.7. The fourth-order valence-corrected chi connectivity index (χ4v) is 3.49. The molecule has 1 aliphatic rings. The molecule has 0 aromatic heterocycles. The molecule has 0 radical (unpaired) electrons. The second-order valence-electron chi connectivity index (χ2n) is 8.48. The van der Waals surface area contributed by atoms with Crippen LogP contribution >= 0.6 is 0 Å². The first-order valence-corrected chi connectivity index (χ1v) is 10.2. The van der Waals surface area contributed by atoms with Gasteiger partial charge in [-0.05, 0) is 45.6 Å². The topological polar surface area (TPSA) is 105 Å². The molecule has 166 valence electrons. The zero-order chi connectivity index (χ0) is 22.3. The molecule has 0 saturated carbocycles. The van der Waals surface area contributed by atoms with Gasteiger partial charge in [-0.3, -0.25) is 4.79 Å². The third-order valence-electron chi connectivity index (χ3n) is 4.90. The maximum Gasteiger partial charge on any atom is 0.407 e. The molecule has 2 N–H and O–H groups in total. The van der Waals surface area contributed by atoms with E-state index in [1.807, 2.05) is 30.3 Å². The molecule has 1 saturated heterocycles. The summed E-state index contributed by atoms with van der Waals surface area (Å²) in [4.78, 5) is 38.4. The molecule has 2 rings (SSSR count). The molecule has 1 fully saturated rings. The van der Waals surface area contributed by atoms with Crippen LogP contribution in [-0.2, 0) is 25.5 Å². The van der Waals surface area contributed by atoms with Crippen LogP contribution < -0.4 is 5.32 Å². The van der Waals surface area contributed by atoms with Crippen molar-refractivity contribution in [3.63, 3.8) is 0 Å². The second-order valence-corrected chi connectivity index (χ2v) is 8.48. The molecule has 3 atom stereocenters. The van der Waals surface area contributed by atoms with Crippen LogP contribution in [0.15, 0.2) is 30.3 Å². The zero-order valence-corrected chi connectivity index (χ0v) is 18.1. The maximum absolute atomic E-state index is 12.8. The summed E-state index contributed by atoms with van der Waals surface area (Å²) in [5.41, 5.74) is 0.212. The molecule has 30 heavy (non-hydrogen) atoms. The fraction of sp³-hybridized carbons (Fsp3) is 0.591. The maximum atomic E-state index is 12.8. The van der Waals surface area contributed by atoms with Crippen LogP contribution in [0.25, 0.3) is 0 Å². The number of alkyl carbamates (subject to hydrolysis) is 1. The van der Waals surface area contributed by atoms with Crippen LogP contribution in [0.1, 0.15) is 45.6 Å². The first-order valence-electron chi connectivity index (χ1n) is 10.2. The Morgan fingerprint density at radius 2 is 1.90 bits per heavy atom. The average Bonchev–Trinajstić information content (AvgIpc) is 3.16. The third kappa shape index (κ3) is 7.02. The number of hydrogen-bond acceptors (Lipinski definition) is 6. The van der Waals surface area contributed by atoms with Crippen molar-refractivity contribution < 1.29 is 29.0 Å². The van der Waals surface area contributed by atoms with Gasteiger partial charge >= 0.3 is 12.1 Å². The quantitative estimate of drug-likeness (QED) is 0.654. The van der Waals surface area contributed by atoms with Gasteiger partial charge in [-0.2, -0.15) is 0 Å². The van der Waals surface area contributed by atoms with Crippen LogP contribution in [0.2, 0.25) is 0 Å². The number of carbonyl (C=O) groups is 3. The van der Waals surface area contributed by atoms with Crippen molar-refractivity contribution in [2.75, 3.05) is 13.7 Å². The Morgan fingerprint density at radius 1 is 1.23 bits per heavy atom. The Morgan fingerprint density at radius 3 is 2.50 bits per heavy atom. The lowest BCUT2D eigenvalue weighted by molar-refractivity contribution is -0.151. The third-order valence-corrected chi connectivity index (χ3v) is 4.90. The molecule has 1 heterocycles. The molecular weight excluding hydrogens is 388 g/mol. The SMILES string of the molecule is COC(=O)[C@@H]1CCCN1C(=O)C[C@H](O)[C@H](Cc1ccccc1)NC(=O)OC(C)(C)C. The number of likely N-dealkylation sites (tertiary alicyclic amines) is 1. The van der Waals surface area contributed by atoms with E-state index in [1.54, 1.807) is 20.8 Å². The van der Waals surface area contributed by atoms with E-state index in [9.17, 15) is 19.5 Å². The minimum atomic E-state index is -1.15. The highest BCUT2D eigenvalue weighted by Crippen LogP contribution is 2.21. The molecule has 1 aromatic carbocycles. The van der Waals surface area contributed by atoms with Gasteiger partial charge in [0, 0.05) is 6.54 Å². The number of aliphatic hydroxyl groups is 1. The number of rotatable bonds is 7. The lowest BCUT2D eigenvalue weighted by Gasteiger charge is -2.29. The van der Waals surface area contributed by atoms with Gasteiger partial charge in [0.05, 0.1) is 25.7 Å². The molecule has 0 unspecified atom stereocenters. The lowest BCUT2D eigenvalue weighted by Crippen LogP contribution is -2.49. The van der Waals surface area contributed by atoms with Crippen molar-refractivity contribution in [3.05, 3.63) is 35.9 Å². The van der Waals surface area contributed by atoms with Crippen molar-refractivity contribution in [1.29, 1.82) is 0 Å². The highest BCUT2D eigenvalue weighted by Gasteiger charge is 2.36. The number of ether oxygens (including phenoxy) is 2. The Balaban J connectivity index is 2.09. The van der Waals surface area contributed by atoms with Gasteiger partial charge in [-0.15, -0.1) is 0 Å². The van der Waals surface area contributed by atoms with E-state index in [0.717, 1.165) is 5.56 Å². The number of esters is 1. The standard InChI is InChI=1S/C22H32N2O6/c1-22(2,3)30-21(28)23-16(13-15-9-6-5-7-10-15)18(25)14-19(26)24-12-8-11-17(24)20(27)29-4/h5-7,9-10,16-18,25H,8,11-14H2,1-4H3,(H,23,28)/t16-,17-,18-/m0/s1. The van der Waals surface area contributed by atoms with Gasteiger partial charge < -0.3 is 24.8 Å². The smallest absolute Gasteiger partial charge is 0.407 e. The van der Waals surface area contributed by atoms with Crippen molar-refractivity contribution in [2.45, 2.75) is 70.2 Å². The van der Waals surface area contributed by atoms with Crippen molar-refractivity contribution in [2.24, 2.45) is 0 Å². The molecule has 0 spiro atoms. The molecular formula is C22H32N2O6. The van der Waals surface area contributed by atoms with Crippen molar-refractivity contribution in [3.8, 4) is 0 Å². The Labute approximate surface area is 177 Å². The van der Waals surface area contributed by atoms with E-state index < -0.39 is 35.9 Å². The van der Waals surface area contributed by atoms with Crippen molar-refractivity contribution in [1.82, 2.24) is 10.2 Å². The molecule has 0 bridgehead atoms. The normalized spacial score (nSPS) is 18.4. The van der Waals surface area contributed by atoms with Crippen LogP contribution in [0, 0.1) is 0 Å². The summed E-state index contributed by atoms with van der Waals surface area (Å²) in [6.07, 6.45) is -0.466.